The Morgan fingerprint density at radius 2 is 1.30 bits per heavy atom. The minimum absolute atomic E-state index is 0.352. The summed E-state index contributed by atoms with van der Waals surface area (Å²) in [5.74, 6) is 0.913. The molecule has 0 atom stereocenters. The number of rotatable bonds is 15. The number of benzene rings is 2. The van der Waals surface area contributed by atoms with Gasteiger partial charge in [0.05, 0.1) is 6.61 Å². The fourth-order valence-electron chi connectivity index (χ4n) is 3.53. The predicted octanol–water partition coefficient (Wildman–Crippen LogP) is 7.77. The Balaban J connectivity index is 1.91. The zero-order chi connectivity index (χ0) is 21.4. The van der Waals surface area contributed by atoms with Crippen LogP contribution in [0.15, 0.2) is 48.5 Å². The van der Waals surface area contributed by atoms with E-state index in [9.17, 15) is 4.79 Å². The van der Waals surface area contributed by atoms with Gasteiger partial charge in [-0.2, -0.15) is 0 Å². The van der Waals surface area contributed by atoms with Crippen LogP contribution in [0.2, 0.25) is 0 Å². The summed E-state index contributed by atoms with van der Waals surface area (Å²) in [5.41, 5.74) is 1.58. The fraction of sp³-hybridized carbons (Fsp3) is 0.519. The van der Waals surface area contributed by atoms with Crippen molar-refractivity contribution in [3.63, 3.8) is 0 Å². The first-order chi connectivity index (χ1) is 14.8. The van der Waals surface area contributed by atoms with Gasteiger partial charge in [-0.3, -0.25) is 0 Å². The van der Waals surface area contributed by atoms with Crippen molar-refractivity contribution >= 4 is 5.97 Å². The van der Waals surface area contributed by atoms with Gasteiger partial charge in [-0.05, 0) is 43.0 Å². The molecule has 0 aliphatic rings. The average molecular weight is 411 g/mol. The van der Waals surface area contributed by atoms with E-state index in [-0.39, 0.29) is 5.97 Å². The molecule has 0 saturated heterocycles. The molecule has 0 saturated carbocycles. The van der Waals surface area contributed by atoms with Crippen molar-refractivity contribution in [2.24, 2.45) is 0 Å². The van der Waals surface area contributed by atoms with Gasteiger partial charge in [-0.1, -0.05) is 95.5 Å². The van der Waals surface area contributed by atoms with Crippen LogP contribution < -0.4 is 9.47 Å². The second-order valence-electron chi connectivity index (χ2n) is 7.92. The maximum atomic E-state index is 12.9. The van der Waals surface area contributed by atoms with E-state index in [0.29, 0.717) is 23.7 Å². The molecule has 0 amide bonds. The summed E-state index contributed by atoms with van der Waals surface area (Å²) >= 11 is 0. The molecule has 0 aliphatic carbocycles. The Hall–Kier alpha value is -2.29. The Kier molecular flexibility index (Phi) is 11.7. The molecule has 2 aromatic carbocycles. The monoisotopic (exact) mass is 410 g/mol. The number of aryl methyl sites for hydroxylation is 1. The minimum Gasteiger partial charge on any atom is -0.493 e. The molecular formula is C27H38O3. The largest absolute Gasteiger partial charge is 0.493 e. The molecule has 0 bridgehead atoms. The molecule has 0 radical (unpaired) electrons. The van der Waals surface area contributed by atoms with Crippen LogP contribution in [-0.4, -0.2) is 12.6 Å². The van der Waals surface area contributed by atoms with Gasteiger partial charge in [-0.15, -0.1) is 0 Å². The molecule has 2 rings (SSSR count). The highest BCUT2D eigenvalue weighted by atomic mass is 16.5. The fourth-order valence-corrected chi connectivity index (χ4v) is 3.53. The molecule has 0 spiro atoms. The molecule has 0 heterocycles. The van der Waals surface area contributed by atoms with E-state index in [0.717, 1.165) is 31.2 Å². The third kappa shape index (κ3) is 8.61. The van der Waals surface area contributed by atoms with Crippen LogP contribution in [-0.2, 0) is 6.42 Å². The first-order valence-corrected chi connectivity index (χ1v) is 11.8. The lowest BCUT2D eigenvalue weighted by Crippen LogP contribution is -2.12. The molecule has 30 heavy (non-hydrogen) atoms. The van der Waals surface area contributed by atoms with Crippen LogP contribution in [0.3, 0.4) is 0 Å². The van der Waals surface area contributed by atoms with E-state index in [2.05, 4.69) is 19.9 Å². The number of carbonyl (C=O) groups excluding carboxylic acids is 1. The van der Waals surface area contributed by atoms with Crippen LogP contribution in [0.1, 0.15) is 94.0 Å². The van der Waals surface area contributed by atoms with E-state index >= 15 is 0 Å². The molecule has 164 valence electrons. The standard InChI is InChI=1S/C27H38O3/c1-3-5-7-9-10-16-22-29-26-21-15-13-19-24(26)27(28)30-25-20-14-12-18-23(25)17-11-8-6-4-2/h12-15,18-21H,3-11,16-17,22H2,1-2H3. The number of hydrogen-bond acceptors (Lipinski definition) is 3. The number of esters is 1. The maximum Gasteiger partial charge on any atom is 0.347 e. The SMILES string of the molecule is CCCCCCCCOc1ccccc1C(=O)Oc1ccccc1CCCCCC. The third-order valence-electron chi connectivity index (χ3n) is 5.34. The van der Waals surface area contributed by atoms with E-state index in [1.54, 1.807) is 6.07 Å². The van der Waals surface area contributed by atoms with Crippen molar-refractivity contribution in [2.75, 3.05) is 6.61 Å². The molecular weight excluding hydrogens is 372 g/mol. The number of carbonyl (C=O) groups is 1. The van der Waals surface area contributed by atoms with Gasteiger partial charge in [0.15, 0.2) is 0 Å². The zero-order valence-electron chi connectivity index (χ0n) is 18.8. The molecule has 0 aromatic heterocycles. The van der Waals surface area contributed by atoms with Gasteiger partial charge in [0.25, 0.3) is 0 Å². The molecule has 0 aliphatic heterocycles. The lowest BCUT2D eigenvalue weighted by Gasteiger charge is -2.13. The van der Waals surface area contributed by atoms with E-state index in [1.807, 2.05) is 36.4 Å². The van der Waals surface area contributed by atoms with Gasteiger partial charge in [0.2, 0.25) is 0 Å². The number of unbranched alkanes of at least 4 members (excludes halogenated alkanes) is 8. The Bertz CT molecular complexity index is 738. The topological polar surface area (TPSA) is 35.5 Å². The van der Waals surface area contributed by atoms with Crippen LogP contribution >= 0.6 is 0 Å². The first kappa shape index (κ1) is 24.0. The summed E-state index contributed by atoms with van der Waals surface area (Å²) in [7, 11) is 0. The van der Waals surface area contributed by atoms with Gasteiger partial charge in [0, 0.05) is 0 Å². The smallest absolute Gasteiger partial charge is 0.347 e. The minimum atomic E-state index is -0.352. The molecule has 2 aromatic rings. The number of para-hydroxylation sites is 2. The van der Waals surface area contributed by atoms with E-state index in [4.69, 9.17) is 9.47 Å². The normalized spacial score (nSPS) is 10.7. The summed E-state index contributed by atoms with van der Waals surface area (Å²) in [4.78, 5) is 12.9. The van der Waals surface area contributed by atoms with E-state index < -0.39 is 0 Å². The van der Waals surface area contributed by atoms with Gasteiger partial charge in [-0.25, -0.2) is 4.79 Å². The van der Waals surface area contributed by atoms with Crippen LogP contribution in [0.4, 0.5) is 0 Å². The number of hydrogen-bond donors (Lipinski definition) is 0. The predicted molar refractivity (Wildman–Crippen MR) is 125 cm³/mol. The molecule has 3 heteroatoms. The highest BCUT2D eigenvalue weighted by molar-refractivity contribution is 5.94. The Labute approximate surface area is 182 Å². The van der Waals surface area contributed by atoms with Gasteiger partial charge >= 0.3 is 5.97 Å². The second kappa shape index (κ2) is 14.7. The molecule has 0 N–H and O–H groups in total. The molecule has 0 unspecified atom stereocenters. The summed E-state index contributed by atoms with van der Waals surface area (Å²) in [5, 5.41) is 0. The highest BCUT2D eigenvalue weighted by Crippen LogP contribution is 2.25. The number of ether oxygens (including phenoxy) is 2. The average Bonchev–Trinajstić information content (AvgIpc) is 2.77. The Morgan fingerprint density at radius 3 is 2.07 bits per heavy atom. The second-order valence-corrected chi connectivity index (χ2v) is 7.92. The van der Waals surface area contributed by atoms with Crippen molar-refractivity contribution in [3.8, 4) is 11.5 Å². The molecule has 0 fully saturated rings. The quantitative estimate of drug-likeness (QED) is 0.171. The zero-order valence-corrected chi connectivity index (χ0v) is 18.8. The van der Waals surface area contributed by atoms with Crippen molar-refractivity contribution < 1.29 is 14.3 Å². The Morgan fingerprint density at radius 1 is 0.700 bits per heavy atom. The maximum absolute atomic E-state index is 12.9. The summed E-state index contributed by atoms with van der Waals surface area (Å²) in [6.07, 6.45) is 13.0. The van der Waals surface area contributed by atoms with Crippen molar-refractivity contribution in [2.45, 2.75) is 84.5 Å². The lowest BCUT2D eigenvalue weighted by molar-refractivity contribution is 0.0728. The lowest BCUT2D eigenvalue weighted by atomic mass is 10.1. The van der Waals surface area contributed by atoms with E-state index in [1.165, 1.54) is 44.9 Å². The summed E-state index contributed by atoms with van der Waals surface area (Å²) < 4.78 is 11.7. The van der Waals surface area contributed by atoms with Crippen molar-refractivity contribution in [3.05, 3.63) is 59.7 Å². The highest BCUT2D eigenvalue weighted by Gasteiger charge is 2.16. The summed E-state index contributed by atoms with van der Waals surface area (Å²) in [6.45, 7) is 5.07. The van der Waals surface area contributed by atoms with Crippen LogP contribution in [0.5, 0.6) is 11.5 Å². The van der Waals surface area contributed by atoms with Crippen LogP contribution in [0.25, 0.3) is 0 Å². The third-order valence-corrected chi connectivity index (χ3v) is 5.34. The van der Waals surface area contributed by atoms with Gasteiger partial charge < -0.3 is 9.47 Å². The first-order valence-electron chi connectivity index (χ1n) is 11.8. The van der Waals surface area contributed by atoms with Crippen LogP contribution in [0, 0.1) is 0 Å². The summed E-state index contributed by atoms with van der Waals surface area (Å²) in [6, 6.07) is 15.2. The van der Waals surface area contributed by atoms with Gasteiger partial charge in [0.1, 0.15) is 17.1 Å². The van der Waals surface area contributed by atoms with Crippen molar-refractivity contribution in [1.29, 1.82) is 0 Å². The molecule has 3 nitrogen and oxygen atoms in total. The van der Waals surface area contributed by atoms with Crippen molar-refractivity contribution in [1.82, 2.24) is 0 Å².